The molecule has 0 atom stereocenters. The summed E-state index contributed by atoms with van der Waals surface area (Å²) in [5.74, 6) is -1.12. The molecule has 1 rings (SSSR count). The fourth-order valence-electron chi connectivity index (χ4n) is 1.72. The normalized spacial score (nSPS) is 9.65. The molecule has 7 nitrogen and oxygen atoms in total. The van der Waals surface area contributed by atoms with Gasteiger partial charge in [0.05, 0.1) is 24.3 Å². The maximum absolute atomic E-state index is 11.7. The second-order valence-electron chi connectivity index (χ2n) is 4.43. The number of thiocarbonyl (C=S) groups is 1. The molecule has 0 fully saturated rings. The summed E-state index contributed by atoms with van der Waals surface area (Å²) < 4.78 is 4.74. The standard InChI is InChI=1S/C15H19N3O4S/c1-3-22-13(20)9-8-12(19)18-15(23)17-11-7-5-4-6-10(11)14(21)16-2/h4-7H,3,8-9H2,1-2H3,(H,16,21)(H2,17,18,19,23). The van der Waals surface area contributed by atoms with Crippen LogP contribution in [0.3, 0.4) is 0 Å². The Balaban J connectivity index is 2.55. The van der Waals surface area contributed by atoms with Gasteiger partial charge in [0.25, 0.3) is 5.91 Å². The molecule has 0 heterocycles. The monoisotopic (exact) mass is 337 g/mol. The zero-order valence-electron chi connectivity index (χ0n) is 13.0. The third-order valence-corrected chi connectivity index (χ3v) is 2.97. The first-order valence-electron chi connectivity index (χ1n) is 7.05. The van der Waals surface area contributed by atoms with Crippen LogP contribution in [0.15, 0.2) is 24.3 Å². The molecule has 3 N–H and O–H groups in total. The number of benzene rings is 1. The maximum atomic E-state index is 11.7. The predicted molar refractivity (Wildman–Crippen MR) is 90.1 cm³/mol. The lowest BCUT2D eigenvalue weighted by atomic mass is 10.1. The van der Waals surface area contributed by atoms with Crippen molar-refractivity contribution in [2.24, 2.45) is 0 Å². The fraction of sp³-hybridized carbons (Fsp3) is 0.333. The van der Waals surface area contributed by atoms with Crippen LogP contribution in [0.5, 0.6) is 0 Å². The quantitative estimate of drug-likeness (QED) is 0.533. The number of esters is 1. The zero-order valence-corrected chi connectivity index (χ0v) is 13.8. The van der Waals surface area contributed by atoms with Crippen LogP contribution in [0.25, 0.3) is 0 Å². The average molecular weight is 337 g/mol. The number of carbonyl (C=O) groups excluding carboxylic acids is 3. The lowest BCUT2D eigenvalue weighted by molar-refractivity contribution is -0.144. The van der Waals surface area contributed by atoms with Crippen LogP contribution < -0.4 is 16.0 Å². The third kappa shape index (κ3) is 6.43. The Hall–Kier alpha value is -2.48. The summed E-state index contributed by atoms with van der Waals surface area (Å²) in [7, 11) is 1.52. The average Bonchev–Trinajstić information content (AvgIpc) is 2.53. The van der Waals surface area contributed by atoms with Crippen molar-refractivity contribution in [2.75, 3.05) is 19.0 Å². The van der Waals surface area contributed by atoms with Crippen LogP contribution in [-0.4, -0.2) is 36.6 Å². The molecule has 0 bridgehead atoms. The Bertz CT molecular complexity index is 604. The Kier molecular flexibility index (Phi) is 7.69. The van der Waals surface area contributed by atoms with Crippen molar-refractivity contribution in [1.29, 1.82) is 0 Å². The summed E-state index contributed by atoms with van der Waals surface area (Å²) in [6, 6.07) is 6.75. The molecule has 0 aromatic heterocycles. The van der Waals surface area contributed by atoms with E-state index in [4.69, 9.17) is 17.0 Å². The Morgan fingerprint density at radius 3 is 2.52 bits per heavy atom. The summed E-state index contributed by atoms with van der Waals surface area (Å²) in [4.78, 5) is 34.6. The van der Waals surface area contributed by atoms with E-state index in [9.17, 15) is 14.4 Å². The molecule has 0 aliphatic heterocycles. The fourth-order valence-corrected chi connectivity index (χ4v) is 1.94. The molecule has 0 radical (unpaired) electrons. The van der Waals surface area contributed by atoms with Gasteiger partial charge in [-0.15, -0.1) is 0 Å². The van der Waals surface area contributed by atoms with E-state index in [1.54, 1.807) is 31.2 Å². The number of anilines is 1. The van der Waals surface area contributed by atoms with E-state index < -0.39 is 11.9 Å². The summed E-state index contributed by atoms with van der Waals surface area (Å²) in [5, 5.41) is 7.81. The van der Waals surface area contributed by atoms with Gasteiger partial charge >= 0.3 is 5.97 Å². The van der Waals surface area contributed by atoms with E-state index in [1.165, 1.54) is 7.05 Å². The van der Waals surface area contributed by atoms with Crippen LogP contribution >= 0.6 is 12.2 Å². The minimum absolute atomic E-state index is 0.0168. The Morgan fingerprint density at radius 1 is 1.17 bits per heavy atom. The Labute approximate surface area is 139 Å². The van der Waals surface area contributed by atoms with E-state index in [-0.39, 0.29) is 30.5 Å². The second kappa shape index (κ2) is 9.52. The minimum Gasteiger partial charge on any atom is -0.466 e. The first-order chi connectivity index (χ1) is 11.0. The number of rotatable bonds is 6. The maximum Gasteiger partial charge on any atom is 0.306 e. The van der Waals surface area contributed by atoms with Crippen molar-refractivity contribution in [3.05, 3.63) is 29.8 Å². The van der Waals surface area contributed by atoms with Gasteiger partial charge in [-0.25, -0.2) is 0 Å². The SMILES string of the molecule is CCOC(=O)CCC(=O)NC(=S)Nc1ccccc1C(=O)NC. The molecule has 0 aliphatic rings. The van der Waals surface area contributed by atoms with Gasteiger partial charge in [0.2, 0.25) is 5.91 Å². The van der Waals surface area contributed by atoms with Crippen LogP contribution in [0, 0.1) is 0 Å². The molecule has 124 valence electrons. The van der Waals surface area contributed by atoms with Crippen molar-refractivity contribution in [2.45, 2.75) is 19.8 Å². The Morgan fingerprint density at radius 2 is 1.87 bits per heavy atom. The van der Waals surface area contributed by atoms with Crippen LogP contribution in [0.2, 0.25) is 0 Å². The first kappa shape index (κ1) is 18.6. The summed E-state index contributed by atoms with van der Waals surface area (Å²) in [6.45, 7) is 1.97. The minimum atomic E-state index is -0.438. The lowest BCUT2D eigenvalue weighted by Gasteiger charge is -2.12. The number of carbonyl (C=O) groups is 3. The topological polar surface area (TPSA) is 96.5 Å². The van der Waals surface area contributed by atoms with Gasteiger partial charge in [-0.1, -0.05) is 12.1 Å². The van der Waals surface area contributed by atoms with Crippen molar-refractivity contribution < 1.29 is 19.1 Å². The second-order valence-corrected chi connectivity index (χ2v) is 4.84. The smallest absolute Gasteiger partial charge is 0.306 e. The molecule has 1 aromatic carbocycles. The molecule has 23 heavy (non-hydrogen) atoms. The van der Waals surface area contributed by atoms with Gasteiger partial charge in [0, 0.05) is 13.5 Å². The highest BCUT2D eigenvalue weighted by atomic mass is 32.1. The van der Waals surface area contributed by atoms with E-state index in [2.05, 4.69) is 16.0 Å². The highest BCUT2D eigenvalue weighted by molar-refractivity contribution is 7.80. The first-order valence-corrected chi connectivity index (χ1v) is 7.46. The zero-order chi connectivity index (χ0) is 17.2. The van der Waals surface area contributed by atoms with Gasteiger partial charge in [-0.05, 0) is 31.3 Å². The summed E-state index contributed by atoms with van der Waals surface area (Å²) in [5.41, 5.74) is 0.876. The van der Waals surface area contributed by atoms with Crippen molar-refractivity contribution in [1.82, 2.24) is 10.6 Å². The van der Waals surface area contributed by atoms with Crippen molar-refractivity contribution in [3.8, 4) is 0 Å². The number of nitrogens with one attached hydrogen (secondary N) is 3. The van der Waals surface area contributed by atoms with Crippen LogP contribution in [-0.2, 0) is 14.3 Å². The summed E-state index contributed by atoms with van der Waals surface area (Å²) >= 11 is 5.03. The largest absolute Gasteiger partial charge is 0.466 e. The molecule has 0 spiro atoms. The van der Waals surface area contributed by atoms with Crippen LogP contribution in [0.1, 0.15) is 30.1 Å². The van der Waals surface area contributed by atoms with Gasteiger partial charge in [0.1, 0.15) is 0 Å². The predicted octanol–water partition coefficient (Wildman–Crippen LogP) is 1.20. The molecular formula is C15H19N3O4S. The van der Waals surface area contributed by atoms with E-state index in [0.717, 1.165) is 0 Å². The van der Waals surface area contributed by atoms with E-state index >= 15 is 0 Å². The highest BCUT2D eigenvalue weighted by Gasteiger charge is 2.12. The van der Waals surface area contributed by atoms with Gasteiger partial charge in [-0.3, -0.25) is 14.4 Å². The molecule has 0 unspecified atom stereocenters. The third-order valence-electron chi connectivity index (χ3n) is 2.76. The molecule has 2 amide bonds. The van der Waals surface area contributed by atoms with Gasteiger partial charge < -0.3 is 20.7 Å². The summed E-state index contributed by atoms with van der Waals surface area (Å²) in [6.07, 6.45) is -0.0468. The number of para-hydroxylation sites is 1. The number of hydrogen-bond donors (Lipinski definition) is 3. The van der Waals surface area contributed by atoms with Gasteiger partial charge in [-0.2, -0.15) is 0 Å². The molecule has 0 saturated carbocycles. The lowest BCUT2D eigenvalue weighted by Crippen LogP contribution is -2.35. The molecule has 0 aliphatic carbocycles. The van der Waals surface area contributed by atoms with Crippen LogP contribution in [0.4, 0.5) is 5.69 Å². The number of amides is 2. The van der Waals surface area contributed by atoms with E-state index in [0.29, 0.717) is 11.3 Å². The van der Waals surface area contributed by atoms with Crippen molar-refractivity contribution in [3.63, 3.8) is 0 Å². The van der Waals surface area contributed by atoms with Crippen molar-refractivity contribution >= 4 is 40.8 Å². The molecule has 1 aromatic rings. The molecular weight excluding hydrogens is 318 g/mol. The number of hydrogen-bond acceptors (Lipinski definition) is 5. The molecule has 8 heteroatoms. The molecule has 0 saturated heterocycles. The highest BCUT2D eigenvalue weighted by Crippen LogP contribution is 2.14. The van der Waals surface area contributed by atoms with E-state index in [1.807, 2.05) is 0 Å². The van der Waals surface area contributed by atoms with Gasteiger partial charge in [0.15, 0.2) is 5.11 Å². The number of ether oxygens (including phenoxy) is 1.